The van der Waals surface area contributed by atoms with E-state index in [0.717, 1.165) is 19.6 Å². The summed E-state index contributed by atoms with van der Waals surface area (Å²) in [7, 11) is 2.02. The number of carbonyl (C=O) groups is 1. The molecule has 0 saturated carbocycles. The molecule has 0 aliphatic carbocycles. The fraction of sp³-hybridized carbons (Fsp3) is 0.938. The molecule has 0 spiro atoms. The molecule has 2 rings (SSSR count). The smallest absolute Gasteiger partial charge is 0.237 e. The van der Waals surface area contributed by atoms with Gasteiger partial charge >= 0.3 is 0 Å². The first-order valence-electron chi connectivity index (χ1n) is 8.30. The number of hydrogen-bond acceptors (Lipinski definition) is 3. The molecular formula is C16H32ClN3O. The molecule has 0 aromatic rings. The molecule has 2 aliphatic rings. The lowest BCUT2D eigenvalue weighted by molar-refractivity contribution is -0.138. The molecular weight excluding hydrogens is 286 g/mol. The topological polar surface area (TPSA) is 35.6 Å². The number of carbonyl (C=O) groups excluding carboxylic acids is 1. The fourth-order valence-corrected chi connectivity index (χ4v) is 3.94. The predicted octanol–water partition coefficient (Wildman–Crippen LogP) is 2.13. The van der Waals surface area contributed by atoms with Gasteiger partial charge in [0.1, 0.15) is 0 Å². The largest absolute Gasteiger partial charge is 0.336 e. The maximum atomic E-state index is 12.6. The molecule has 2 aliphatic heterocycles. The van der Waals surface area contributed by atoms with Crippen LogP contribution >= 0.6 is 12.4 Å². The van der Waals surface area contributed by atoms with Crippen molar-refractivity contribution in [2.24, 2.45) is 5.92 Å². The van der Waals surface area contributed by atoms with Gasteiger partial charge in [-0.25, -0.2) is 0 Å². The van der Waals surface area contributed by atoms with Crippen LogP contribution in [0.15, 0.2) is 0 Å². The summed E-state index contributed by atoms with van der Waals surface area (Å²) in [4.78, 5) is 17.1. The Kier molecular flexibility index (Phi) is 7.99. The molecule has 3 unspecified atom stereocenters. The average molecular weight is 318 g/mol. The Labute approximate surface area is 136 Å². The van der Waals surface area contributed by atoms with Crippen LogP contribution in [0, 0.1) is 5.92 Å². The van der Waals surface area contributed by atoms with Crippen LogP contribution in [-0.2, 0) is 4.79 Å². The highest BCUT2D eigenvalue weighted by atomic mass is 35.5. The summed E-state index contributed by atoms with van der Waals surface area (Å²) < 4.78 is 0. The van der Waals surface area contributed by atoms with Crippen LogP contribution in [0.3, 0.4) is 0 Å². The van der Waals surface area contributed by atoms with Gasteiger partial charge < -0.3 is 10.2 Å². The van der Waals surface area contributed by atoms with E-state index in [1.807, 2.05) is 7.05 Å². The highest BCUT2D eigenvalue weighted by Crippen LogP contribution is 2.23. The molecule has 0 aromatic heterocycles. The summed E-state index contributed by atoms with van der Waals surface area (Å²) >= 11 is 0. The third-order valence-corrected chi connectivity index (χ3v) is 4.94. The number of rotatable bonds is 4. The normalized spacial score (nSPS) is 30.8. The first kappa shape index (κ1) is 18.7. The molecule has 2 saturated heterocycles. The van der Waals surface area contributed by atoms with Gasteiger partial charge in [-0.2, -0.15) is 0 Å². The van der Waals surface area contributed by atoms with Crippen LogP contribution in [0.25, 0.3) is 0 Å². The molecule has 3 atom stereocenters. The summed E-state index contributed by atoms with van der Waals surface area (Å²) in [5.74, 6) is 1.05. The zero-order valence-corrected chi connectivity index (χ0v) is 14.6. The summed E-state index contributed by atoms with van der Waals surface area (Å²) in [6, 6.07) is 0.841. The predicted molar refractivity (Wildman–Crippen MR) is 90.0 cm³/mol. The van der Waals surface area contributed by atoms with Gasteiger partial charge in [0.15, 0.2) is 0 Å². The van der Waals surface area contributed by atoms with Gasteiger partial charge in [0, 0.05) is 18.6 Å². The molecule has 2 heterocycles. The molecule has 1 amide bonds. The van der Waals surface area contributed by atoms with E-state index in [9.17, 15) is 4.79 Å². The number of nitrogens with one attached hydrogen (secondary N) is 1. The van der Waals surface area contributed by atoms with E-state index in [4.69, 9.17) is 0 Å². The van der Waals surface area contributed by atoms with Crippen LogP contribution in [-0.4, -0.2) is 61.0 Å². The monoisotopic (exact) mass is 317 g/mol. The molecule has 21 heavy (non-hydrogen) atoms. The van der Waals surface area contributed by atoms with Crippen LogP contribution < -0.4 is 5.32 Å². The van der Waals surface area contributed by atoms with Crippen LogP contribution in [0.2, 0.25) is 0 Å². The molecule has 2 fully saturated rings. The number of piperidine rings is 2. The summed E-state index contributed by atoms with van der Waals surface area (Å²) in [5, 5.41) is 3.27. The Balaban J connectivity index is 0.00000220. The molecule has 1 N–H and O–H groups in total. The van der Waals surface area contributed by atoms with Crippen LogP contribution in [0.1, 0.15) is 46.0 Å². The van der Waals surface area contributed by atoms with Crippen molar-refractivity contribution in [2.45, 2.75) is 58.0 Å². The minimum atomic E-state index is 0. The van der Waals surface area contributed by atoms with Crippen molar-refractivity contribution in [1.29, 1.82) is 0 Å². The maximum Gasteiger partial charge on any atom is 0.237 e. The lowest BCUT2D eigenvalue weighted by Gasteiger charge is -2.41. The SMILES string of the molecule is CNCC1CCCN(CC(=O)N2C(C)CCCC2C)C1.Cl. The molecule has 0 bridgehead atoms. The first-order valence-corrected chi connectivity index (χ1v) is 8.30. The van der Waals surface area contributed by atoms with Crippen LogP contribution in [0.4, 0.5) is 0 Å². The van der Waals surface area contributed by atoms with E-state index in [1.54, 1.807) is 0 Å². The van der Waals surface area contributed by atoms with E-state index in [1.165, 1.54) is 32.1 Å². The Hall–Kier alpha value is -0.320. The third-order valence-electron chi connectivity index (χ3n) is 4.94. The van der Waals surface area contributed by atoms with Crippen molar-refractivity contribution < 1.29 is 4.79 Å². The van der Waals surface area contributed by atoms with Gasteiger partial charge in [-0.15, -0.1) is 12.4 Å². The van der Waals surface area contributed by atoms with Gasteiger partial charge in [-0.1, -0.05) is 0 Å². The Morgan fingerprint density at radius 1 is 1.14 bits per heavy atom. The quantitative estimate of drug-likeness (QED) is 0.863. The molecule has 5 heteroatoms. The van der Waals surface area contributed by atoms with Gasteiger partial charge in [-0.05, 0) is 72.0 Å². The van der Waals surface area contributed by atoms with Crippen molar-refractivity contribution in [1.82, 2.24) is 15.1 Å². The minimum Gasteiger partial charge on any atom is -0.336 e. The second-order valence-corrected chi connectivity index (χ2v) is 6.73. The third kappa shape index (κ3) is 5.11. The van der Waals surface area contributed by atoms with Crippen molar-refractivity contribution in [2.75, 3.05) is 33.2 Å². The Morgan fingerprint density at radius 3 is 2.43 bits per heavy atom. The lowest BCUT2D eigenvalue weighted by Crippen LogP contribution is -2.52. The van der Waals surface area contributed by atoms with E-state index in [-0.39, 0.29) is 12.4 Å². The second kappa shape index (κ2) is 8.96. The highest BCUT2D eigenvalue weighted by Gasteiger charge is 2.30. The van der Waals surface area contributed by atoms with Gasteiger partial charge in [-0.3, -0.25) is 9.69 Å². The van der Waals surface area contributed by atoms with Crippen molar-refractivity contribution in [3.63, 3.8) is 0 Å². The van der Waals surface area contributed by atoms with Crippen molar-refractivity contribution in [3.8, 4) is 0 Å². The van der Waals surface area contributed by atoms with E-state index in [0.29, 0.717) is 30.5 Å². The minimum absolute atomic E-state index is 0. The molecule has 0 radical (unpaired) electrons. The van der Waals surface area contributed by atoms with Crippen molar-refractivity contribution >= 4 is 18.3 Å². The number of amides is 1. The molecule has 0 aromatic carbocycles. The molecule has 124 valence electrons. The number of hydrogen-bond donors (Lipinski definition) is 1. The second-order valence-electron chi connectivity index (χ2n) is 6.73. The summed E-state index contributed by atoms with van der Waals surface area (Å²) in [5.41, 5.74) is 0. The van der Waals surface area contributed by atoms with E-state index < -0.39 is 0 Å². The first-order chi connectivity index (χ1) is 9.61. The Morgan fingerprint density at radius 2 is 1.81 bits per heavy atom. The fourth-order valence-electron chi connectivity index (χ4n) is 3.94. The van der Waals surface area contributed by atoms with E-state index >= 15 is 0 Å². The van der Waals surface area contributed by atoms with E-state index in [2.05, 4.69) is 29.0 Å². The number of likely N-dealkylation sites (tertiary alicyclic amines) is 2. The van der Waals surface area contributed by atoms with Crippen molar-refractivity contribution in [3.05, 3.63) is 0 Å². The highest BCUT2D eigenvalue weighted by molar-refractivity contribution is 5.85. The van der Waals surface area contributed by atoms with Gasteiger partial charge in [0.05, 0.1) is 6.54 Å². The summed E-state index contributed by atoms with van der Waals surface area (Å²) in [6.45, 7) is 8.25. The zero-order valence-electron chi connectivity index (χ0n) is 13.8. The lowest BCUT2D eigenvalue weighted by atomic mass is 9.96. The average Bonchev–Trinajstić information content (AvgIpc) is 2.39. The number of halogens is 1. The standard InChI is InChI=1S/C16H31N3O.ClH/c1-13-6-4-7-14(2)19(13)16(20)12-18-9-5-8-15(11-18)10-17-3;/h13-15,17H,4-12H2,1-3H3;1H. The molecule has 4 nitrogen and oxygen atoms in total. The van der Waals surface area contributed by atoms with Gasteiger partial charge in [0.25, 0.3) is 0 Å². The van der Waals surface area contributed by atoms with Gasteiger partial charge in [0.2, 0.25) is 5.91 Å². The number of nitrogens with zero attached hydrogens (tertiary/aromatic N) is 2. The maximum absolute atomic E-state index is 12.6. The van der Waals surface area contributed by atoms with Crippen LogP contribution in [0.5, 0.6) is 0 Å². The Bertz CT molecular complexity index is 315. The zero-order chi connectivity index (χ0) is 14.5. The summed E-state index contributed by atoms with van der Waals surface area (Å²) in [6.07, 6.45) is 6.11.